The Morgan fingerprint density at radius 2 is 0.692 bits per heavy atom. The average molecular weight is 575 g/mol. The highest BCUT2D eigenvalue weighted by atomic mass is 32.2. The molecule has 0 saturated heterocycles. The number of carbonyl (C=O) groups is 2. The number of unbranched alkanes of at least 4 members (excludes halogenated alkanes) is 22. The number of aliphatic hydroxyl groups excluding tert-OH is 2. The van der Waals surface area contributed by atoms with E-state index in [1.54, 1.807) is 0 Å². The lowest BCUT2D eigenvalue weighted by Gasteiger charge is -2.14. The molecular weight excluding hydrogens is 512 g/mol. The maximum atomic E-state index is 11.9. The van der Waals surface area contributed by atoms with E-state index < -0.39 is 22.8 Å². The topological polar surface area (TPSA) is 93.1 Å². The predicted molar refractivity (Wildman–Crippen MR) is 164 cm³/mol. The van der Waals surface area contributed by atoms with Gasteiger partial charge in [0.1, 0.15) is 0 Å². The molecule has 0 aromatic carbocycles. The Morgan fingerprint density at radius 1 is 0.462 bits per heavy atom. The third kappa shape index (κ3) is 27.2. The lowest BCUT2D eigenvalue weighted by molar-refractivity contribution is -0.149. The summed E-state index contributed by atoms with van der Waals surface area (Å²) < 4.78 is 10.2. The fourth-order valence-corrected chi connectivity index (χ4v) is 5.21. The molecule has 0 saturated carbocycles. The molecule has 0 radical (unpaired) electrons. The van der Waals surface area contributed by atoms with Crippen LogP contribution in [0.3, 0.4) is 0 Å². The Kier molecular flexibility index (Phi) is 29.6. The summed E-state index contributed by atoms with van der Waals surface area (Å²) in [6, 6.07) is 0. The van der Waals surface area contributed by atoms with Crippen LogP contribution < -0.4 is 0 Å². The lowest BCUT2D eigenvalue weighted by atomic mass is 10.1. The SMILES string of the molecule is CCCCCCCCCCCCCCOC(=O)C(O)SC(O)C(=O)OCCCCCCCCCCCCCC. The van der Waals surface area contributed by atoms with Gasteiger partial charge in [-0.15, -0.1) is 0 Å². The summed E-state index contributed by atoms with van der Waals surface area (Å²) in [5.41, 5.74) is -3.20. The standard InChI is InChI=1S/C32H62O6S/c1-3-5-7-9-11-13-15-17-19-21-23-25-27-37-29(33)31(35)39-32(36)30(34)38-28-26-24-22-20-18-16-14-12-10-8-6-4-2/h31-32,35-36H,3-28H2,1-2H3. The first-order chi connectivity index (χ1) is 19.0. The Hall–Kier alpha value is -0.790. The Bertz CT molecular complexity index is 499. The minimum absolute atomic E-state index is 0.243. The number of thioether (sulfide) groups is 1. The van der Waals surface area contributed by atoms with E-state index in [0.717, 1.165) is 38.5 Å². The molecule has 0 bridgehead atoms. The van der Waals surface area contributed by atoms with Crippen molar-refractivity contribution in [2.45, 2.75) is 179 Å². The van der Waals surface area contributed by atoms with Crippen LogP contribution in [0.15, 0.2) is 0 Å². The van der Waals surface area contributed by atoms with Crippen molar-refractivity contribution in [3.63, 3.8) is 0 Å². The van der Waals surface area contributed by atoms with Crippen molar-refractivity contribution in [3.8, 4) is 0 Å². The third-order valence-corrected chi connectivity index (χ3v) is 8.05. The quantitative estimate of drug-likeness (QED) is 0.0503. The van der Waals surface area contributed by atoms with Crippen LogP contribution >= 0.6 is 11.8 Å². The molecule has 0 aromatic heterocycles. The summed E-state index contributed by atoms with van der Waals surface area (Å²) in [6.07, 6.45) is 29.4. The summed E-state index contributed by atoms with van der Waals surface area (Å²) in [5, 5.41) is 19.9. The van der Waals surface area contributed by atoms with Crippen molar-refractivity contribution in [3.05, 3.63) is 0 Å². The van der Waals surface area contributed by atoms with Crippen LogP contribution in [0.2, 0.25) is 0 Å². The summed E-state index contributed by atoms with van der Waals surface area (Å²) in [6.45, 7) is 4.97. The van der Waals surface area contributed by atoms with Crippen LogP contribution in [0.5, 0.6) is 0 Å². The first-order valence-corrected chi connectivity index (χ1v) is 17.3. The second kappa shape index (κ2) is 30.2. The van der Waals surface area contributed by atoms with E-state index in [4.69, 9.17) is 9.47 Å². The van der Waals surface area contributed by atoms with Gasteiger partial charge in [-0.1, -0.05) is 167 Å². The highest BCUT2D eigenvalue weighted by Gasteiger charge is 2.26. The first kappa shape index (κ1) is 38.2. The van der Waals surface area contributed by atoms with E-state index in [1.165, 1.54) is 116 Å². The summed E-state index contributed by atoms with van der Waals surface area (Å²) in [5.74, 6) is -1.65. The van der Waals surface area contributed by atoms with Gasteiger partial charge in [-0.25, -0.2) is 9.59 Å². The lowest BCUT2D eigenvalue weighted by Crippen LogP contribution is -2.28. The van der Waals surface area contributed by atoms with Crippen molar-refractivity contribution in [1.29, 1.82) is 0 Å². The van der Waals surface area contributed by atoms with Gasteiger partial charge >= 0.3 is 11.9 Å². The highest BCUT2D eigenvalue weighted by Crippen LogP contribution is 2.18. The number of hydrogen-bond acceptors (Lipinski definition) is 7. The van der Waals surface area contributed by atoms with Gasteiger partial charge in [-0.3, -0.25) is 0 Å². The molecule has 0 amide bonds. The van der Waals surface area contributed by atoms with Gasteiger partial charge < -0.3 is 19.7 Å². The van der Waals surface area contributed by atoms with Crippen LogP contribution in [0.4, 0.5) is 0 Å². The van der Waals surface area contributed by atoms with Gasteiger partial charge in [-0.2, -0.15) is 0 Å². The van der Waals surface area contributed by atoms with Crippen LogP contribution in [-0.4, -0.2) is 46.2 Å². The second-order valence-electron chi connectivity index (χ2n) is 11.0. The number of hydrogen-bond donors (Lipinski definition) is 2. The molecule has 39 heavy (non-hydrogen) atoms. The van der Waals surface area contributed by atoms with Gasteiger partial charge in [0, 0.05) is 0 Å². The number of carbonyl (C=O) groups excluding carboxylic acids is 2. The van der Waals surface area contributed by atoms with Gasteiger partial charge in [0.25, 0.3) is 0 Å². The molecule has 0 rings (SSSR count). The normalized spacial score (nSPS) is 12.8. The van der Waals surface area contributed by atoms with E-state index >= 15 is 0 Å². The van der Waals surface area contributed by atoms with E-state index in [0.29, 0.717) is 11.8 Å². The highest BCUT2D eigenvalue weighted by molar-refractivity contribution is 8.01. The van der Waals surface area contributed by atoms with E-state index in [2.05, 4.69) is 13.8 Å². The second-order valence-corrected chi connectivity index (χ2v) is 12.1. The fourth-order valence-electron chi connectivity index (χ4n) is 4.61. The fraction of sp³-hybridized carbons (Fsp3) is 0.938. The molecule has 2 unspecified atom stereocenters. The van der Waals surface area contributed by atoms with E-state index in [-0.39, 0.29) is 13.2 Å². The van der Waals surface area contributed by atoms with Crippen molar-refractivity contribution < 1.29 is 29.3 Å². The summed E-state index contributed by atoms with van der Waals surface area (Å²) >= 11 is 0.449. The Labute approximate surface area is 244 Å². The van der Waals surface area contributed by atoms with Gasteiger partial charge in [0.15, 0.2) is 0 Å². The largest absolute Gasteiger partial charge is 0.463 e. The molecule has 232 valence electrons. The van der Waals surface area contributed by atoms with Crippen LogP contribution in [0.1, 0.15) is 168 Å². The molecule has 0 aliphatic heterocycles. The average Bonchev–Trinajstić information content (AvgIpc) is 2.93. The number of aliphatic hydroxyl groups is 2. The number of rotatable bonds is 30. The van der Waals surface area contributed by atoms with Crippen molar-refractivity contribution >= 4 is 23.7 Å². The molecule has 2 atom stereocenters. The van der Waals surface area contributed by atoms with Crippen LogP contribution in [0.25, 0.3) is 0 Å². The molecular formula is C32H62O6S. The maximum absolute atomic E-state index is 11.9. The van der Waals surface area contributed by atoms with E-state index in [1.807, 2.05) is 0 Å². The minimum atomic E-state index is -1.60. The molecule has 0 spiro atoms. The third-order valence-electron chi connectivity index (χ3n) is 7.15. The molecule has 0 fully saturated rings. The van der Waals surface area contributed by atoms with Gasteiger partial charge in [0.05, 0.1) is 13.2 Å². The summed E-state index contributed by atoms with van der Waals surface area (Å²) in [7, 11) is 0. The molecule has 0 aliphatic rings. The van der Waals surface area contributed by atoms with Gasteiger partial charge in [0.2, 0.25) is 10.9 Å². The Morgan fingerprint density at radius 3 is 0.949 bits per heavy atom. The van der Waals surface area contributed by atoms with Crippen molar-refractivity contribution in [2.75, 3.05) is 13.2 Å². The zero-order chi connectivity index (χ0) is 28.8. The van der Waals surface area contributed by atoms with Crippen molar-refractivity contribution in [1.82, 2.24) is 0 Å². The van der Waals surface area contributed by atoms with Crippen molar-refractivity contribution in [2.24, 2.45) is 0 Å². The zero-order valence-corrected chi connectivity index (χ0v) is 26.3. The maximum Gasteiger partial charge on any atom is 0.345 e. The number of ether oxygens (including phenoxy) is 2. The van der Waals surface area contributed by atoms with Crippen LogP contribution in [0, 0.1) is 0 Å². The van der Waals surface area contributed by atoms with Crippen LogP contribution in [-0.2, 0) is 19.1 Å². The zero-order valence-electron chi connectivity index (χ0n) is 25.5. The minimum Gasteiger partial charge on any atom is -0.463 e. The molecule has 0 heterocycles. The van der Waals surface area contributed by atoms with E-state index in [9.17, 15) is 19.8 Å². The molecule has 0 aromatic rings. The predicted octanol–water partition coefficient (Wildman–Crippen LogP) is 8.85. The Balaban J connectivity index is 3.56. The molecule has 7 heteroatoms. The smallest absolute Gasteiger partial charge is 0.345 e. The molecule has 2 N–H and O–H groups in total. The van der Waals surface area contributed by atoms with Gasteiger partial charge in [-0.05, 0) is 12.8 Å². The monoisotopic (exact) mass is 574 g/mol. The molecule has 0 aliphatic carbocycles. The molecule has 6 nitrogen and oxygen atoms in total. The first-order valence-electron chi connectivity index (χ1n) is 16.4. The number of esters is 2. The summed E-state index contributed by atoms with van der Waals surface area (Å²) in [4.78, 5) is 23.9.